The summed E-state index contributed by atoms with van der Waals surface area (Å²) in [6.07, 6.45) is 1.78. The molecule has 0 aliphatic carbocycles. The molecule has 0 saturated carbocycles. The van der Waals surface area contributed by atoms with E-state index >= 15 is 0 Å². The molecule has 1 atom stereocenters. The Labute approximate surface area is 58.1 Å². The van der Waals surface area contributed by atoms with Gasteiger partial charge in [-0.25, -0.2) is 0 Å². The Morgan fingerprint density at radius 3 is 2.78 bits per heavy atom. The Bertz CT molecular complexity index is 124. The molecular formula is C5H8ClNO2. The largest absolute Gasteiger partial charge is 0.480 e. The van der Waals surface area contributed by atoms with Gasteiger partial charge in [-0.05, 0) is 6.42 Å². The van der Waals surface area contributed by atoms with E-state index in [9.17, 15) is 4.79 Å². The van der Waals surface area contributed by atoms with Crippen LogP contribution < -0.4 is 5.73 Å². The first-order valence-corrected chi connectivity index (χ1v) is 2.85. The van der Waals surface area contributed by atoms with Crippen LogP contribution in [0.15, 0.2) is 11.6 Å². The van der Waals surface area contributed by atoms with Crippen LogP contribution in [0.5, 0.6) is 0 Å². The van der Waals surface area contributed by atoms with E-state index < -0.39 is 12.0 Å². The highest BCUT2D eigenvalue weighted by molar-refractivity contribution is 6.25. The SMILES string of the molecule is NC(CC=CCl)C(=O)O. The number of carboxylic acid groups (broad SMARTS) is 1. The number of carboxylic acids is 1. The zero-order chi connectivity index (χ0) is 7.28. The summed E-state index contributed by atoms with van der Waals surface area (Å²) in [5, 5.41) is 8.21. The Kier molecular flexibility index (Phi) is 4.09. The molecule has 0 saturated heterocycles. The van der Waals surface area contributed by atoms with Crippen LogP contribution in [0.2, 0.25) is 0 Å². The van der Waals surface area contributed by atoms with Gasteiger partial charge in [-0.1, -0.05) is 17.7 Å². The quantitative estimate of drug-likeness (QED) is 0.616. The van der Waals surface area contributed by atoms with Crippen molar-refractivity contribution >= 4 is 17.6 Å². The molecule has 3 nitrogen and oxygen atoms in total. The van der Waals surface area contributed by atoms with Gasteiger partial charge in [-0.15, -0.1) is 0 Å². The Hall–Kier alpha value is -0.540. The van der Waals surface area contributed by atoms with Crippen LogP contribution in [0.25, 0.3) is 0 Å². The molecule has 9 heavy (non-hydrogen) atoms. The number of aliphatic carboxylic acids is 1. The number of hydrogen-bond acceptors (Lipinski definition) is 2. The maximum absolute atomic E-state index is 10.0. The van der Waals surface area contributed by atoms with Gasteiger partial charge in [0.1, 0.15) is 6.04 Å². The molecule has 0 bridgehead atoms. The summed E-state index contributed by atoms with van der Waals surface area (Å²) in [5.41, 5.74) is 6.35. The Morgan fingerprint density at radius 1 is 1.89 bits per heavy atom. The maximum atomic E-state index is 10.0. The van der Waals surface area contributed by atoms with E-state index in [4.69, 9.17) is 22.4 Å². The summed E-state index contributed by atoms with van der Waals surface area (Å²) in [4.78, 5) is 10.0. The van der Waals surface area contributed by atoms with Crippen molar-refractivity contribution in [2.45, 2.75) is 12.5 Å². The molecule has 0 aromatic rings. The second-order valence-electron chi connectivity index (χ2n) is 1.54. The van der Waals surface area contributed by atoms with E-state index in [-0.39, 0.29) is 6.42 Å². The van der Waals surface area contributed by atoms with Gasteiger partial charge < -0.3 is 10.8 Å². The summed E-state index contributed by atoms with van der Waals surface area (Å²) in [6, 6.07) is -0.833. The number of rotatable bonds is 3. The highest BCUT2D eigenvalue weighted by Crippen LogP contribution is 1.90. The van der Waals surface area contributed by atoms with Crippen LogP contribution in [-0.2, 0) is 4.79 Å². The van der Waals surface area contributed by atoms with E-state index in [2.05, 4.69) is 0 Å². The fourth-order valence-corrected chi connectivity index (χ4v) is 0.402. The number of halogens is 1. The second kappa shape index (κ2) is 4.35. The third-order valence-electron chi connectivity index (χ3n) is 0.796. The molecule has 0 aliphatic heterocycles. The molecule has 0 heterocycles. The molecule has 0 aromatic carbocycles. The third-order valence-corrected chi connectivity index (χ3v) is 0.974. The van der Waals surface area contributed by atoms with Gasteiger partial charge in [0.2, 0.25) is 0 Å². The second-order valence-corrected chi connectivity index (χ2v) is 1.79. The normalized spacial score (nSPS) is 14.0. The lowest BCUT2D eigenvalue weighted by molar-refractivity contribution is -0.138. The Balaban J connectivity index is 3.50. The van der Waals surface area contributed by atoms with Crippen molar-refractivity contribution in [1.29, 1.82) is 0 Å². The monoisotopic (exact) mass is 149 g/mol. The Morgan fingerprint density at radius 2 is 2.44 bits per heavy atom. The smallest absolute Gasteiger partial charge is 0.320 e. The highest BCUT2D eigenvalue weighted by atomic mass is 35.5. The molecule has 0 fully saturated rings. The van der Waals surface area contributed by atoms with Crippen LogP contribution in [0, 0.1) is 0 Å². The maximum Gasteiger partial charge on any atom is 0.320 e. The zero-order valence-corrected chi connectivity index (χ0v) is 5.51. The fraction of sp³-hybridized carbons (Fsp3) is 0.400. The van der Waals surface area contributed by atoms with Crippen molar-refractivity contribution in [3.63, 3.8) is 0 Å². The molecule has 3 N–H and O–H groups in total. The topological polar surface area (TPSA) is 63.3 Å². The molecule has 52 valence electrons. The summed E-state index contributed by atoms with van der Waals surface area (Å²) in [5.74, 6) is -1.01. The van der Waals surface area contributed by atoms with Crippen molar-refractivity contribution in [2.75, 3.05) is 0 Å². The van der Waals surface area contributed by atoms with Crippen LogP contribution in [0.4, 0.5) is 0 Å². The molecule has 0 aromatic heterocycles. The van der Waals surface area contributed by atoms with E-state index in [1.54, 1.807) is 0 Å². The van der Waals surface area contributed by atoms with Crippen molar-refractivity contribution in [1.82, 2.24) is 0 Å². The summed E-state index contributed by atoms with van der Waals surface area (Å²) < 4.78 is 0. The first kappa shape index (κ1) is 8.46. The summed E-state index contributed by atoms with van der Waals surface area (Å²) in [7, 11) is 0. The van der Waals surface area contributed by atoms with Gasteiger partial charge in [0.05, 0.1) is 0 Å². The third kappa shape index (κ3) is 4.00. The summed E-state index contributed by atoms with van der Waals surface area (Å²) >= 11 is 5.12. The minimum atomic E-state index is -1.01. The number of nitrogens with two attached hydrogens (primary N) is 1. The van der Waals surface area contributed by atoms with Gasteiger partial charge in [0.25, 0.3) is 0 Å². The summed E-state index contributed by atoms with van der Waals surface area (Å²) in [6.45, 7) is 0. The highest BCUT2D eigenvalue weighted by Gasteiger charge is 2.07. The van der Waals surface area contributed by atoms with Crippen LogP contribution in [0.1, 0.15) is 6.42 Å². The first-order chi connectivity index (χ1) is 4.18. The lowest BCUT2D eigenvalue weighted by Gasteiger charge is -1.98. The molecule has 0 radical (unpaired) electrons. The molecule has 0 amide bonds. The average molecular weight is 150 g/mol. The lowest BCUT2D eigenvalue weighted by Crippen LogP contribution is -2.29. The number of hydrogen-bond donors (Lipinski definition) is 2. The first-order valence-electron chi connectivity index (χ1n) is 2.42. The zero-order valence-electron chi connectivity index (χ0n) is 4.75. The standard InChI is InChI=1S/C5H8ClNO2/c6-3-1-2-4(7)5(8)9/h1,3-4H,2,7H2,(H,8,9). The molecule has 4 heteroatoms. The van der Waals surface area contributed by atoms with E-state index in [0.717, 1.165) is 0 Å². The minimum Gasteiger partial charge on any atom is -0.480 e. The van der Waals surface area contributed by atoms with Crippen molar-refractivity contribution in [3.8, 4) is 0 Å². The minimum absolute atomic E-state index is 0.277. The predicted octanol–water partition coefficient (Wildman–Crippen LogP) is 0.541. The number of carbonyl (C=O) groups is 1. The van der Waals surface area contributed by atoms with E-state index in [0.29, 0.717) is 0 Å². The molecular weight excluding hydrogens is 142 g/mol. The van der Waals surface area contributed by atoms with E-state index in [1.165, 1.54) is 11.6 Å². The van der Waals surface area contributed by atoms with Crippen LogP contribution >= 0.6 is 11.6 Å². The predicted molar refractivity (Wildman–Crippen MR) is 35.2 cm³/mol. The van der Waals surface area contributed by atoms with Crippen molar-refractivity contribution in [2.24, 2.45) is 5.73 Å². The van der Waals surface area contributed by atoms with Gasteiger partial charge in [-0.2, -0.15) is 0 Å². The lowest BCUT2D eigenvalue weighted by atomic mass is 10.2. The molecule has 0 spiro atoms. The molecule has 1 unspecified atom stereocenters. The van der Waals surface area contributed by atoms with Gasteiger partial charge in [-0.3, -0.25) is 4.79 Å². The van der Waals surface area contributed by atoms with Crippen molar-refractivity contribution < 1.29 is 9.90 Å². The van der Waals surface area contributed by atoms with E-state index in [1.807, 2.05) is 0 Å². The molecule has 0 rings (SSSR count). The van der Waals surface area contributed by atoms with Gasteiger partial charge in [0.15, 0.2) is 0 Å². The van der Waals surface area contributed by atoms with Crippen LogP contribution in [0.3, 0.4) is 0 Å². The fourth-order valence-electron chi connectivity index (χ4n) is 0.299. The van der Waals surface area contributed by atoms with Gasteiger partial charge >= 0.3 is 5.97 Å². The van der Waals surface area contributed by atoms with Crippen LogP contribution in [-0.4, -0.2) is 17.1 Å². The van der Waals surface area contributed by atoms with Gasteiger partial charge in [0, 0.05) is 5.54 Å². The molecule has 0 aliphatic rings. The van der Waals surface area contributed by atoms with Crippen molar-refractivity contribution in [3.05, 3.63) is 11.6 Å². The average Bonchev–Trinajstić information content (AvgIpc) is 1.82.